The molecule has 1 aliphatic carbocycles. The van der Waals surface area contributed by atoms with Gasteiger partial charge < -0.3 is 10.1 Å². The molecule has 0 bridgehead atoms. The van der Waals surface area contributed by atoms with Gasteiger partial charge in [0.05, 0.1) is 11.7 Å². The lowest BCUT2D eigenvalue weighted by Crippen LogP contribution is -2.06. The molecule has 1 fully saturated rings. The third-order valence-corrected chi connectivity index (χ3v) is 3.83. The summed E-state index contributed by atoms with van der Waals surface area (Å²) in [6.45, 7) is 2.01. The predicted octanol–water partition coefficient (Wildman–Crippen LogP) is 3.01. The maximum atomic E-state index is 5.90. The number of nitrogens with zero attached hydrogens (tertiary/aromatic N) is 2. The minimum absolute atomic E-state index is 0.0878. The van der Waals surface area contributed by atoms with Gasteiger partial charge in [-0.2, -0.15) is 0 Å². The summed E-state index contributed by atoms with van der Waals surface area (Å²) in [5, 5.41) is 0. The van der Waals surface area contributed by atoms with E-state index in [4.69, 9.17) is 5.73 Å². The molecular weight excluding hydrogens is 210 g/mol. The number of pyridine rings is 1. The van der Waals surface area contributed by atoms with Crippen LogP contribution in [-0.2, 0) is 0 Å². The van der Waals surface area contributed by atoms with E-state index in [0.29, 0.717) is 5.92 Å². The van der Waals surface area contributed by atoms with Gasteiger partial charge >= 0.3 is 0 Å². The Morgan fingerprint density at radius 3 is 2.88 bits per heavy atom. The molecule has 90 valence electrons. The SMILES string of the molecule is CC(N)c1ccn2c(C3CCCC3)ncc2c1. The average molecular weight is 229 g/mol. The van der Waals surface area contributed by atoms with Gasteiger partial charge in [0.15, 0.2) is 0 Å². The first-order valence-electron chi connectivity index (χ1n) is 6.48. The number of nitrogens with two attached hydrogens (primary N) is 1. The van der Waals surface area contributed by atoms with Crippen molar-refractivity contribution in [1.29, 1.82) is 0 Å². The summed E-state index contributed by atoms with van der Waals surface area (Å²) in [5.41, 5.74) is 8.25. The lowest BCUT2D eigenvalue weighted by Gasteiger charge is -2.10. The second kappa shape index (κ2) is 4.15. The molecule has 0 radical (unpaired) electrons. The average Bonchev–Trinajstić information content (AvgIpc) is 2.96. The first-order chi connectivity index (χ1) is 8.25. The highest BCUT2D eigenvalue weighted by atomic mass is 15.0. The molecule has 1 aliphatic rings. The van der Waals surface area contributed by atoms with Crippen LogP contribution in [0, 0.1) is 0 Å². The quantitative estimate of drug-likeness (QED) is 0.860. The molecule has 0 amide bonds. The Morgan fingerprint density at radius 1 is 1.41 bits per heavy atom. The number of hydrogen-bond acceptors (Lipinski definition) is 2. The fourth-order valence-corrected chi connectivity index (χ4v) is 2.81. The molecule has 0 aromatic carbocycles. The Labute approximate surface area is 102 Å². The number of imidazole rings is 1. The zero-order valence-corrected chi connectivity index (χ0v) is 10.3. The molecule has 3 heteroatoms. The Balaban J connectivity index is 2.04. The third-order valence-electron chi connectivity index (χ3n) is 3.83. The molecule has 3 rings (SSSR count). The van der Waals surface area contributed by atoms with Gasteiger partial charge in [0.25, 0.3) is 0 Å². The summed E-state index contributed by atoms with van der Waals surface area (Å²) in [4.78, 5) is 4.60. The second-order valence-electron chi connectivity index (χ2n) is 5.14. The maximum absolute atomic E-state index is 5.90. The smallest absolute Gasteiger partial charge is 0.116 e. The van der Waals surface area contributed by atoms with Crippen LogP contribution >= 0.6 is 0 Å². The van der Waals surface area contributed by atoms with E-state index in [1.54, 1.807) is 0 Å². The normalized spacial score (nSPS) is 18.9. The Hall–Kier alpha value is -1.35. The summed E-state index contributed by atoms with van der Waals surface area (Å²) in [6, 6.07) is 4.35. The van der Waals surface area contributed by atoms with Crippen LogP contribution < -0.4 is 5.73 Å². The first kappa shape index (κ1) is 10.8. The highest BCUT2D eigenvalue weighted by Crippen LogP contribution is 2.33. The fourth-order valence-electron chi connectivity index (χ4n) is 2.81. The van der Waals surface area contributed by atoms with Crippen LogP contribution in [0.3, 0.4) is 0 Å². The van der Waals surface area contributed by atoms with Crippen LogP contribution in [0.15, 0.2) is 24.5 Å². The van der Waals surface area contributed by atoms with Crippen molar-refractivity contribution in [2.45, 2.75) is 44.6 Å². The van der Waals surface area contributed by atoms with Crippen molar-refractivity contribution < 1.29 is 0 Å². The maximum Gasteiger partial charge on any atom is 0.116 e. The van der Waals surface area contributed by atoms with Gasteiger partial charge in [-0.05, 0) is 37.5 Å². The molecule has 1 saturated carbocycles. The summed E-state index contributed by atoms with van der Waals surface area (Å²) in [5.74, 6) is 1.88. The Kier molecular flexibility index (Phi) is 2.63. The third kappa shape index (κ3) is 1.84. The van der Waals surface area contributed by atoms with Crippen LogP contribution in [0.1, 0.15) is 56.0 Å². The highest BCUT2D eigenvalue weighted by Gasteiger charge is 2.21. The minimum Gasteiger partial charge on any atom is -0.324 e. The number of fused-ring (bicyclic) bond motifs is 1. The molecule has 0 spiro atoms. The Bertz CT molecular complexity index is 521. The number of rotatable bonds is 2. The van der Waals surface area contributed by atoms with Crippen LogP contribution in [0.5, 0.6) is 0 Å². The molecule has 2 N–H and O–H groups in total. The molecule has 2 heterocycles. The van der Waals surface area contributed by atoms with Crippen LogP contribution in [0.25, 0.3) is 5.52 Å². The summed E-state index contributed by atoms with van der Waals surface area (Å²) < 4.78 is 2.22. The highest BCUT2D eigenvalue weighted by molar-refractivity contribution is 5.49. The van der Waals surface area contributed by atoms with Crippen LogP contribution in [0.2, 0.25) is 0 Å². The van der Waals surface area contributed by atoms with Crippen molar-refractivity contribution in [3.63, 3.8) is 0 Å². The number of hydrogen-bond donors (Lipinski definition) is 1. The van der Waals surface area contributed by atoms with Crippen molar-refractivity contribution >= 4 is 5.52 Å². The molecule has 0 aliphatic heterocycles. The van der Waals surface area contributed by atoms with E-state index < -0.39 is 0 Å². The van der Waals surface area contributed by atoms with Gasteiger partial charge in [0.2, 0.25) is 0 Å². The van der Waals surface area contributed by atoms with Crippen LogP contribution in [-0.4, -0.2) is 9.38 Å². The minimum atomic E-state index is 0.0878. The van der Waals surface area contributed by atoms with E-state index in [0.717, 1.165) is 0 Å². The van der Waals surface area contributed by atoms with E-state index in [-0.39, 0.29) is 6.04 Å². The van der Waals surface area contributed by atoms with Gasteiger partial charge in [0.1, 0.15) is 5.82 Å². The molecule has 3 nitrogen and oxygen atoms in total. The summed E-state index contributed by atoms with van der Waals surface area (Å²) in [6.07, 6.45) is 9.35. The van der Waals surface area contributed by atoms with Crippen molar-refractivity contribution in [1.82, 2.24) is 9.38 Å². The zero-order chi connectivity index (χ0) is 11.8. The molecule has 2 aromatic rings. The van der Waals surface area contributed by atoms with Gasteiger partial charge in [-0.25, -0.2) is 4.98 Å². The Morgan fingerprint density at radius 2 is 2.18 bits per heavy atom. The van der Waals surface area contributed by atoms with Crippen molar-refractivity contribution in [2.75, 3.05) is 0 Å². The molecule has 1 unspecified atom stereocenters. The van der Waals surface area contributed by atoms with E-state index in [9.17, 15) is 0 Å². The van der Waals surface area contributed by atoms with E-state index in [1.807, 2.05) is 13.1 Å². The lowest BCUT2D eigenvalue weighted by atomic mass is 10.1. The molecule has 1 atom stereocenters. The fraction of sp³-hybridized carbons (Fsp3) is 0.500. The molecule has 0 saturated heterocycles. The lowest BCUT2D eigenvalue weighted by molar-refractivity contribution is 0.664. The van der Waals surface area contributed by atoms with Gasteiger partial charge in [-0.3, -0.25) is 0 Å². The largest absolute Gasteiger partial charge is 0.324 e. The second-order valence-corrected chi connectivity index (χ2v) is 5.14. The van der Waals surface area contributed by atoms with E-state index >= 15 is 0 Å². The number of aromatic nitrogens is 2. The summed E-state index contributed by atoms with van der Waals surface area (Å²) >= 11 is 0. The van der Waals surface area contributed by atoms with Crippen molar-refractivity contribution in [3.05, 3.63) is 35.9 Å². The van der Waals surface area contributed by atoms with Gasteiger partial charge in [-0.15, -0.1) is 0 Å². The van der Waals surface area contributed by atoms with E-state index in [1.165, 1.54) is 42.6 Å². The van der Waals surface area contributed by atoms with Gasteiger partial charge in [-0.1, -0.05) is 12.8 Å². The zero-order valence-electron chi connectivity index (χ0n) is 10.3. The molecular formula is C14H19N3. The van der Waals surface area contributed by atoms with Gasteiger partial charge in [0, 0.05) is 18.2 Å². The first-order valence-corrected chi connectivity index (χ1v) is 6.48. The van der Waals surface area contributed by atoms with E-state index in [2.05, 4.69) is 27.7 Å². The van der Waals surface area contributed by atoms with Crippen molar-refractivity contribution in [2.24, 2.45) is 5.73 Å². The van der Waals surface area contributed by atoms with Crippen LogP contribution in [0.4, 0.5) is 0 Å². The predicted molar refractivity (Wildman–Crippen MR) is 69.0 cm³/mol. The molecule has 17 heavy (non-hydrogen) atoms. The molecule has 2 aromatic heterocycles. The monoisotopic (exact) mass is 229 g/mol. The standard InChI is InChI=1S/C14H19N3/c1-10(15)12-6-7-17-13(8-12)9-16-14(17)11-4-2-3-5-11/h6-11H,2-5,15H2,1H3. The topological polar surface area (TPSA) is 43.3 Å². The van der Waals surface area contributed by atoms with Crippen molar-refractivity contribution in [3.8, 4) is 0 Å². The summed E-state index contributed by atoms with van der Waals surface area (Å²) in [7, 11) is 0.